The number of hydrogen-bond acceptors (Lipinski definition) is 4. The van der Waals surface area contributed by atoms with Crippen molar-refractivity contribution >= 4 is 23.1 Å². The number of hydrogen-bond donors (Lipinski definition) is 3. The van der Waals surface area contributed by atoms with Gasteiger partial charge in [-0.3, -0.25) is 0 Å². The summed E-state index contributed by atoms with van der Waals surface area (Å²) in [7, 11) is 0. The average Bonchev–Trinajstić information content (AvgIpc) is 2.29. The van der Waals surface area contributed by atoms with Gasteiger partial charge in [0.25, 0.3) is 0 Å². The Kier molecular flexibility index (Phi) is 6.11. The molecule has 0 saturated heterocycles. The molecule has 0 saturated carbocycles. The Morgan fingerprint density at radius 3 is 2.94 bits per heavy atom. The van der Waals surface area contributed by atoms with Gasteiger partial charge in [-0.25, -0.2) is 0 Å². The summed E-state index contributed by atoms with van der Waals surface area (Å²) in [6.07, 6.45) is 0.877. The number of thioether (sulfide) groups is 1. The second-order valence-electron chi connectivity index (χ2n) is 3.64. The van der Waals surface area contributed by atoms with Gasteiger partial charge in [0.2, 0.25) is 0 Å². The lowest BCUT2D eigenvalue weighted by Crippen LogP contribution is -2.06. The van der Waals surface area contributed by atoms with E-state index in [1.54, 1.807) is 0 Å². The first kappa shape index (κ1) is 13.2. The van der Waals surface area contributed by atoms with E-state index in [0.29, 0.717) is 0 Å². The van der Waals surface area contributed by atoms with E-state index in [-0.39, 0.29) is 6.61 Å². The van der Waals surface area contributed by atoms with Gasteiger partial charge >= 0.3 is 0 Å². The van der Waals surface area contributed by atoms with Gasteiger partial charge in [-0.1, -0.05) is 6.07 Å². The van der Waals surface area contributed by atoms with Crippen LogP contribution < -0.4 is 11.1 Å². The first-order chi connectivity index (χ1) is 7.75. The number of aliphatic hydroxyl groups excluding tert-OH is 1. The SMILES string of the molecule is Cc1c(N)cccc1NCCSCCCO. The second kappa shape index (κ2) is 7.41. The largest absolute Gasteiger partial charge is 0.398 e. The lowest BCUT2D eigenvalue weighted by molar-refractivity contribution is 0.296. The summed E-state index contributed by atoms with van der Waals surface area (Å²) in [5.41, 5.74) is 8.88. The van der Waals surface area contributed by atoms with Crippen LogP contribution in [0.1, 0.15) is 12.0 Å². The number of nitrogens with one attached hydrogen (secondary N) is 1. The second-order valence-corrected chi connectivity index (χ2v) is 4.86. The monoisotopic (exact) mass is 240 g/mol. The van der Waals surface area contributed by atoms with Crippen LogP contribution in [0.15, 0.2) is 18.2 Å². The number of aliphatic hydroxyl groups is 1. The molecule has 0 aliphatic carbocycles. The summed E-state index contributed by atoms with van der Waals surface area (Å²) in [5, 5.41) is 12.0. The molecule has 0 fully saturated rings. The van der Waals surface area contributed by atoms with Gasteiger partial charge in [0, 0.05) is 30.3 Å². The zero-order valence-corrected chi connectivity index (χ0v) is 10.5. The molecule has 0 bridgehead atoms. The number of anilines is 2. The maximum Gasteiger partial charge on any atom is 0.0438 e. The van der Waals surface area contributed by atoms with Crippen LogP contribution in [0.2, 0.25) is 0 Å². The van der Waals surface area contributed by atoms with Gasteiger partial charge in [-0.2, -0.15) is 11.8 Å². The molecule has 16 heavy (non-hydrogen) atoms. The Labute approximate surface area is 101 Å². The maximum absolute atomic E-state index is 8.62. The molecule has 0 unspecified atom stereocenters. The summed E-state index contributed by atoms with van der Waals surface area (Å²) in [6, 6.07) is 5.92. The van der Waals surface area contributed by atoms with Crippen molar-refractivity contribution in [3.05, 3.63) is 23.8 Å². The van der Waals surface area contributed by atoms with E-state index in [1.807, 2.05) is 36.9 Å². The van der Waals surface area contributed by atoms with Gasteiger partial charge in [0.05, 0.1) is 0 Å². The third-order valence-corrected chi connectivity index (χ3v) is 3.45. The standard InChI is InChI=1S/C12H20N2OS/c1-10-11(13)4-2-5-12(10)14-6-9-16-8-3-7-15/h2,4-5,14-15H,3,6-9,13H2,1H3. The molecular formula is C12H20N2OS. The predicted octanol–water partition coefficient (Wildman–Crippen LogP) is 2.10. The third kappa shape index (κ3) is 4.33. The molecule has 1 aromatic rings. The van der Waals surface area contributed by atoms with Crippen LogP contribution in [0.4, 0.5) is 11.4 Å². The molecule has 0 atom stereocenters. The van der Waals surface area contributed by atoms with E-state index >= 15 is 0 Å². The zero-order valence-electron chi connectivity index (χ0n) is 9.70. The van der Waals surface area contributed by atoms with Crippen molar-refractivity contribution in [2.24, 2.45) is 0 Å². The molecule has 0 aliphatic rings. The fourth-order valence-corrected chi connectivity index (χ4v) is 2.16. The van der Waals surface area contributed by atoms with Crippen LogP contribution in [0.25, 0.3) is 0 Å². The summed E-state index contributed by atoms with van der Waals surface area (Å²) >= 11 is 1.85. The Morgan fingerprint density at radius 2 is 2.19 bits per heavy atom. The van der Waals surface area contributed by atoms with Crippen LogP contribution in [-0.2, 0) is 0 Å². The Balaban J connectivity index is 2.24. The Morgan fingerprint density at radius 1 is 1.38 bits per heavy atom. The van der Waals surface area contributed by atoms with Crippen LogP contribution in [0, 0.1) is 6.92 Å². The highest BCUT2D eigenvalue weighted by atomic mass is 32.2. The van der Waals surface area contributed by atoms with Crippen LogP contribution in [0.3, 0.4) is 0 Å². The lowest BCUT2D eigenvalue weighted by atomic mass is 10.1. The molecule has 0 aliphatic heterocycles. The van der Waals surface area contributed by atoms with Crippen LogP contribution in [-0.4, -0.2) is 29.8 Å². The Hall–Kier alpha value is -0.870. The molecule has 0 spiro atoms. The minimum atomic E-state index is 0.286. The van der Waals surface area contributed by atoms with Crippen molar-refractivity contribution in [1.29, 1.82) is 0 Å². The normalized spacial score (nSPS) is 10.4. The number of rotatable bonds is 7. The molecule has 3 nitrogen and oxygen atoms in total. The average molecular weight is 240 g/mol. The first-order valence-corrected chi connectivity index (χ1v) is 6.68. The minimum Gasteiger partial charge on any atom is -0.398 e. The van der Waals surface area contributed by atoms with Gasteiger partial charge < -0.3 is 16.2 Å². The fraction of sp³-hybridized carbons (Fsp3) is 0.500. The van der Waals surface area contributed by atoms with Gasteiger partial charge in [-0.05, 0) is 36.8 Å². The highest BCUT2D eigenvalue weighted by molar-refractivity contribution is 7.99. The Bertz CT molecular complexity index is 318. The summed E-state index contributed by atoms with van der Waals surface area (Å²) in [4.78, 5) is 0. The van der Waals surface area contributed by atoms with Crippen molar-refractivity contribution in [2.75, 3.05) is 35.7 Å². The molecule has 4 heteroatoms. The summed E-state index contributed by atoms with van der Waals surface area (Å²) in [5.74, 6) is 2.07. The molecule has 1 rings (SSSR count). The molecule has 0 radical (unpaired) electrons. The van der Waals surface area contributed by atoms with Crippen molar-refractivity contribution in [3.63, 3.8) is 0 Å². The van der Waals surface area contributed by atoms with Crippen molar-refractivity contribution in [2.45, 2.75) is 13.3 Å². The molecule has 0 amide bonds. The van der Waals surface area contributed by atoms with E-state index in [4.69, 9.17) is 10.8 Å². The van der Waals surface area contributed by atoms with Crippen molar-refractivity contribution in [3.8, 4) is 0 Å². The fourth-order valence-electron chi connectivity index (χ4n) is 1.37. The smallest absolute Gasteiger partial charge is 0.0438 e. The number of nitrogens with two attached hydrogens (primary N) is 1. The van der Waals surface area contributed by atoms with Crippen LogP contribution in [0.5, 0.6) is 0 Å². The highest BCUT2D eigenvalue weighted by Gasteiger charge is 1.99. The summed E-state index contributed by atoms with van der Waals surface area (Å²) < 4.78 is 0. The van der Waals surface area contributed by atoms with E-state index in [9.17, 15) is 0 Å². The van der Waals surface area contributed by atoms with Gasteiger partial charge in [0.15, 0.2) is 0 Å². The van der Waals surface area contributed by atoms with E-state index < -0.39 is 0 Å². The van der Waals surface area contributed by atoms with Gasteiger partial charge in [-0.15, -0.1) is 0 Å². The van der Waals surface area contributed by atoms with Gasteiger partial charge in [0.1, 0.15) is 0 Å². The van der Waals surface area contributed by atoms with Crippen molar-refractivity contribution in [1.82, 2.24) is 0 Å². The maximum atomic E-state index is 8.62. The number of nitrogen functional groups attached to an aromatic ring is 1. The molecule has 4 N–H and O–H groups in total. The lowest BCUT2D eigenvalue weighted by Gasteiger charge is -2.10. The van der Waals surface area contributed by atoms with Crippen LogP contribution >= 0.6 is 11.8 Å². The zero-order chi connectivity index (χ0) is 11.8. The summed E-state index contributed by atoms with van der Waals surface area (Å²) in [6.45, 7) is 3.24. The topological polar surface area (TPSA) is 58.3 Å². The first-order valence-electron chi connectivity index (χ1n) is 5.53. The highest BCUT2D eigenvalue weighted by Crippen LogP contribution is 2.20. The predicted molar refractivity (Wildman–Crippen MR) is 73.1 cm³/mol. The van der Waals surface area contributed by atoms with E-state index in [1.165, 1.54) is 0 Å². The molecule has 90 valence electrons. The van der Waals surface area contributed by atoms with E-state index in [2.05, 4.69) is 5.32 Å². The third-order valence-electron chi connectivity index (χ3n) is 2.38. The molecule has 1 aromatic carbocycles. The number of benzene rings is 1. The van der Waals surface area contributed by atoms with E-state index in [0.717, 1.165) is 41.4 Å². The molecular weight excluding hydrogens is 220 g/mol. The quantitative estimate of drug-likeness (QED) is 0.504. The molecule has 0 aromatic heterocycles. The minimum absolute atomic E-state index is 0.286. The molecule has 0 heterocycles. The van der Waals surface area contributed by atoms with Crippen molar-refractivity contribution < 1.29 is 5.11 Å².